The summed E-state index contributed by atoms with van der Waals surface area (Å²) in [7, 11) is 1.38. The molecule has 2 rings (SSSR count). The maximum atomic E-state index is 11.6. The highest BCUT2D eigenvalue weighted by Crippen LogP contribution is 2.33. The van der Waals surface area contributed by atoms with Gasteiger partial charge in [0.2, 0.25) is 0 Å². The lowest BCUT2D eigenvalue weighted by Gasteiger charge is -2.14. The van der Waals surface area contributed by atoms with Gasteiger partial charge in [-0.15, -0.1) is 0 Å². The first-order valence-corrected chi connectivity index (χ1v) is 5.23. The molecule has 1 aromatic rings. The molecule has 0 aliphatic carbocycles. The highest BCUT2D eigenvalue weighted by Gasteiger charge is 2.31. The van der Waals surface area contributed by atoms with Crippen molar-refractivity contribution in [1.82, 2.24) is 0 Å². The molecular formula is C13H14O3. The smallest absolute Gasteiger partial charge is 0.336 e. The Kier molecular flexibility index (Phi) is 3.06. The number of carbonyl (C=O) groups excluding carboxylic acids is 1. The van der Waals surface area contributed by atoms with Crippen molar-refractivity contribution in [3.05, 3.63) is 47.5 Å². The van der Waals surface area contributed by atoms with Crippen molar-refractivity contribution >= 4 is 5.97 Å². The lowest BCUT2D eigenvalue weighted by molar-refractivity contribution is -0.137. The van der Waals surface area contributed by atoms with Gasteiger partial charge >= 0.3 is 5.97 Å². The maximum Gasteiger partial charge on any atom is 0.336 e. The average molecular weight is 218 g/mol. The van der Waals surface area contributed by atoms with Gasteiger partial charge in [0, 0.05) is 0 Å². The third kappa shape index (κ3) is 1.99. The van der Waals surface area contributed by atoms with Crippen LogP contribution in [0.3, 0.4) is 0 Å². The minimum atomic E-state index is -0.321. The number of hydrogen-bond acceptors (Lipinski definition) is 3. The molecule has 0 saturated heterocycles. The summed E-state index contributed by atoms with van der Waals surface area (Å²) in [6, 6.07) is 9.68. The molecule has 0 fully saturated rings. The largest absolute Gasteiger partial charge is 0.466 e. The molecule has 0 N–H and O–H groups in total. The van der Waals surface area contributed by atoms with Gasteiger partial charge in [0.15, 0.2) is 0 Å². The minimum absolute atomic E-state index is 0.0562. The fraction of sp³-hybridized carbons (Fsp3) is 0.308. The summed E-state index contributed by atoms with van der Waals surface area (Å²) in [5.74, 6) is -0.321. The summed E-state index contributed by atoms with van der Waals surface area (Å²) in [6.45, 7) is 1.91. The van der Waals surface area contributed by atoms with E-state index in [0.29, 0.717) is 5.57 Å². The third-order valence-corrected chi connectivity index (χ3v) is 2.57. The number of benzene rings is 1. The second-order valence-corrected chi connectivity index (χ2v) is 3.75. The zero-order chi connectivity index (χ0) is 11.5. The first kappa shape index (κ1) is 10.9. The molecule has 0 radical (unpaired) electrons. The van der Waals surface area contributed by atoms with E-state index in [-0.39, 0.29) is 18.2 Å². The second kappa shape index (κ2) is 4.49. The summed E-state index contributed by atoms with van der Waals surface area (Å²) >= 11 is 0. The highest BCUT2D eigenvalue weighted by atomic mass is 16.5. The van der Waals surface area contributed by atoms with Crippen LogP contribution in [0.4, 0.5) is 0 Å². The molecule has 0 amide bonds. The monoisotopic (exact) mass is 218 g/mol. The fourth-order valence-corrected chi connectivity index (χ4v) is 1.85. The van der Waals surface area contributed by atoms with E-state index in [0.717, 1.165) is 5.56 Å². The summed E-state index contributed by atoms with van der Waals surface area (Å²) in [5, 5.41) is 0. The van der Waals surface area contributed by atoms with Crippen LogP contribution in [0.25, 0.3) is 0 Å². The molecule has 1 aromatic carbocycles. The highest BCUT2D eigenvalue weighted by molar-refractivity contribution is 5.90. The van der Waals surface area contributed by atoms with E-state index >= 15 is 0 Å². The lowest BCUT2D eigenvalue weighted by Crippen LogP contribution is -2.11. The van der Waals surface area contributed by atoms with Crippen LogP contribution in [-0.4, -0.2) is 19.2 Å². The van der Waals surface area contributed by atoms with E-state index < -0.39 is 0 Å². The average Bonchev–Trinajstić information content (AvgIpc) is 2.71. The molecule has 1 aliphatic heterocycles. The topological polar surface area (TPSA) is 35.5 Å². The molecule has 16 heavy (non-hydrogen) atoms. The van der Waals surface area contributed by atoms with Crippen molar-refractivity contribution < 1.29 is 14.3 Å². The lowest BCUT2D eigenvalue weighted by atomic mass is 10.0. The van der Waals surface area contributed by atoms with Crippen molar-refractivity contribution in [3.63, 3.8) is 0 Å². The second-order valence-electron chi connectivity index (χ2n) is 3.75. The van der Waals surface area contributed by atoms with Gasteiger partial charge in [0.05, 0.1) is 18.8 Å². The van der Waals surface area contributed by atoms with E-state index in [4.69, 9.17) is 9.47 Å². The van der Waals surface area contributed by atoms with Crippen molar-refractivity contribution in [2.45, 2.75) is 19.1 Å². The minimum Gasteiger partial charge on any atom is -0.466 e. The molecule has 2 atom stereocenters. The van der Waals surface area contributed by atoms with Crippen LogP contribution in [-0.2, 0) is 14.3 Å². The van der Waals surface area contributed by atoms with E-state index in [1.165, 1.54) is 7.11 Å². The van der Waals surface area contributed by atoms with Gasteiger partial charge in [-0.05, 0) is 18.6 Å². The van der Waals surface area contributed by atoms with Gasteiger partial charge in [-0.2, -0.15) is 0 Å². The molecular weight excluding hydrogens is 204 g/mol. The van der Waals surface area contributed by atoms with Gasteiger partial charge in [-0.1, -0.05) is 30.3 Å². The van der Waals surface area contributed by atoms with Crippen molar-refractivity contribution in [2.75, 3.05) is 7.11 Å². The van der Waals surface area contributed by atoms with Crippen molar-refractivity contribution in [2.24, 2.45) is 0 Å². The Morgan fingerprint density at radius 1 is 1.31 bits per heavy atom. The van der Waals surface area contributed by atoms with Gasteiger partial charge < -0.3 is 9.47 Å². The molecule has 0 saturated carbocycles. The molecule has 0 aromatic heterocycles. The molecule has 0 spiro atoms. The third-order valence-electron chi connectivity index (χ3n) is 2.57. The number of carbonyl (C=O) groups is 1. The predicted octanol–water partition coefficient (Wildman–Crippen LogP) is 2.25. The molecule has 0 unspecified atom stereocenters. The van der Waals surface area contributed by atoms with Crippen LogP contribution < -0.4 is 0 Å². The quantitative estimate of drug-likeness (QED) is 0.714. The zero-order valence-corrected chi connectivity index (χ0v) is 9.34. The van der Waals surface area contributed by atoms with Crippen LogP contribution >= 0.6 is 0 Å². The Morgan fingerprint density at radius 2 is 2.00 bits per heavy atom. The van der Waals surface area contributed by atoms with E-state index in [2.05, 4.69) is 0 Å². The molecule has 84 valence electrons. The summed E-state index contributed by atoms with van der Waals surface area (Å²) in [4.78, 5) is 11.6. The van der Waals surface area contributed by atoms with Gasteiger partial charge in [0.25, 0.3) is 0 Å². The normalized spacial score (nSPS) is 24.0. The Bertz CT molecular complexity index is 408. The summed E-state index contributed by atoms with van der Waals surface area (Å²) in [5.41, 5.74) is 1.56. The van der Waals surface area contributed by atoms with Crippen LogP contribution in [0.1, 0.15) is 18.6 Å². The number of esters is 1. The van der Waals surface area contributed by atoms with Gasteiger partial charge in [0.1, 0.15) is 6.10 Å². The SMILES string of the molecule is COC(=O)C1=C[C@H](C)O[C@H]1c1ccccc1. The molecule has 0 bridgehead atoms. The van der Waals surface area contributed by atoms with Crippen LogP contribution in [0.2, 0.25) is 0 Å². The maximum absolute atomic E-state index is 11.6. The number of rotatable bonds is 2. The van der Waals surface area contributed by atoms with Crippen molar-refractivity contribution in [1.29, 1.82) is 0 Å². The van der Waals surface area contributed by atoms with Crippen LogP contribution in [0, 0.1) is 0 Å². The number of methoxy groups -OCH3 is 1. The first-order valence-electron chi connectivity index (χ1n) is 5.23. The van der Waals surface area contributed by atoms with E-state index in [1.54, 1.807) is 0 Å². The standard InChI is InChI=1S/C13H14O3/c1-9-8-11(13(14)15-2)12(16-9)10-6-4-3-5-7-10/h3-9,12H,1-2H3/t9-,12-/m0/s1. The van der Waals surface area contributed by atoms with Gasteiger partial charge in [-0.25, -0.2) is 4.79 Å². The van der Waals surface area contributed by atoms with Crippen LogP contribution in [0.15, 0.2) is 42.0 Å². The van der Waals surface area contributed by atoms with E-state index in [1.807, 2.05) is 43.3 Å². The summed E-state index contributed by atoms with van der Waals surface area (Å²) in [6.07, 6.45) is 1.45. The molecule has 1 heterocycles. The predicted molar refractivity (Wildman–Crippen MR) is 59.8 cm³/mol. The van der Waals surface area contributed by atoms with Crippen LogP contribution in [0.5, 0.6) is 0 Å². The molecule has 3 heteroatoms. The molecule has 3 nitrogen and oxygen atoms in total. The van der Waals surface area contributed by atoms with Crippen molar-refractivity contribution in [3.8, 4) is 0 Å². The Hall–Kier alpha value is -1.61. The number of ether oxygens (including phenoxy) is 2. The first-order chi connectivity index (χ1) is 7.72. The molecule has 1 aliphatic rings. The fourth-order valence-electron chi connectivity index (χ4n) is 1.85. The van der Waals surface area contributed by atoms with Gasteiger partial charge in [-0.3, -0.25) is 0 Å². The van der Waals surface area contributed by atoms with E-state index in [9.17, 15) is 4.79 Å². The Labute approximate surface area is 94.7 Å². The summed E-state index contributed by atoms with van der Waals surface area (Å²) < 4.78 is 10.4. The Morgan fingerprint density at radius 3 is 2.62 bits per heavy atom. The number of hydrogen-bond donors (Lipinski definition) is 0. The zero-order valence-electron chi connectivity index (χ0n) is 9.34. The Balaban J connectivity index is 2.29.